The Morgan fingerprint density at radius 1 is 1.17 bits per heavy atom. The number of nitrogens with zero attached hydrogens (tertiary/aromatic N) is 5. The summed E-state index contributed by atoms with van der Waals surface area (Å²) in [5.74, 6) is 0.343. The first-order valence-corrected chi connectivity index (χ1v) is 12.3. The van der Waals surface area contributed by atoms with Crippen LogP contribution >= 0.6 is 11.6 Å². The summed E-state index contributed by atoms with van der Waals surface area (Å²) in [5.41, 5.74) is 11.6. The molecule has 8 heteroatoms. The van der Waals surface area contributed by atoms with Crippen molar-refractivity contribution in [1.82, 2.24) is 19.4 Å². The number of anilines is 2. The molecule has 0 spiro atoms. The van der Waals surface area contributed by atoms with E-state index in [4.69, 9.17) is 17.3 Å². The zero-order valence-corrected chi connectivity index (χ0v) is 21.4. The predicted molar refractivity (Wildman–Crippen MR) is 147 cm³/mol. The van der Waals surface area contributed by atoms with Crippen LogP contribution in [0.3, 0.4) is 0 Å². The van der Waals surface area contributed by atoms with Crippen LogP contribution in [-0.2, 0) is 4.79 Å². The minimum atomic E-state index is -0.0705. The van der Waals surface area contributed by atoms with Crippen molar-refractivity contribution in [3.05, 3.63) is 77.7 Å². The van der Waals surface area contributed by atoms with E-state index in [1.807, 2.05) is 61.5 Å². The fourth-order valence-electron chi connectivity index (χ4n) is 4.60. The fraction of sp³-hybridized carbons (Fsp3) is 0.250. The maximum atomic E-state index is 12.9. The summed E-state index contributed by atoms with van der Waals surface area (Å²) in [6.07, 6.45) is 7.54. The van der Waals surface area contributed by atoms with Crippen LogP contribution in [0.25, 0.3) is 27.8 Å². The molecular formula is C28H29ClN6O. The molecule has 1 aliphatic carbocycles. The second kappa shape index (κ2) is 9.76. The number of rotatable bonds is 7. The second-order valence-electron chi connectivity index (χ2n) is 9.25. The van der Waals surface area contributed by atoms with Gasteiger partial charge in [0.2, 0.25) is 5.91 Å². The van der Waals surface area contributed by atoms with E-state index < -0.39 is 0 Å². The molecule has 2 heterocycles. The number of carbonyl (C=O) groups is 1. The SMILES string of the molecule is Cc1c(-c2ccc(Cl)cc2)c2c(N)ncnc2n1-c1cccc(N(C)C(=O)/C=C/CN(C)C2CC2)c1. The molecule has 2 aromatic carbocycles. The van der Waals surface area contributed by atoms with E-state index in [0.717, 1.165) is 40.1 Å². The summed E-state index contributed by atoms with van der Waals surface area (Å²) in [7, 11) is 3.88. The van der Waals surface area contributed by atoms with Gasteiger partial charge in [0.15, 0.2) is 5.65 Å². The minimum absolute atomic E-state index is 0.0705. The lowest BCUT2D eigenvalue weighted by Gasteiger charge is -2.18. The molecule has 0 atom stereocenters. The number of fused-ring (bicyclic) bond motifs is 1. The molecule has 0 radical (unpaired) electrons. The highest BCUT2D eigenvalue weighted by molar-refractivity contribution is 6.30. The van der Waals surface area contributed by atoms with E-state index in [1.165, 1.54) is 19.2 Å². The molecule has 1 fully saturated rings. The van der Waals surface area contributed by atoms with Gasteiger partial charge in [-0.3, -0.25) is 14.3 Å². The van der Waals surface area contributed by atoms with Crippen LogP contribution in [0.2, 0.25) is 5.02 Å². The van der Waals surface area contributed by atoms with Gasteiger partial charge in [-0.15, -0.1) is 0 Å². The van der Waals surface area contributed by atoms with Gasteiger partial charge in [-0.2, -0.15) is 0 Å². The van der Waals surface area contributed by atoms with Crippen LogP contribution < -0.4 is 10.6 Å². The monoisotopic (exact) mass is 500 g/mol. The first kappa shape index (κ1) is 24.0. The third-order valence-corrected chi connectivity index (χ3v) is 7.03. The lowest BCUT2D eigenvalue weighted by Crippen LogP contribution is -2.25. The molecule has 1 aliphatic rings. The van der Waals surface area contributed by atoms with Crippen LogP contribution in [0.15, 0.2) is 67.0 Å². The van der Waals surface area contributed by atoms with Crippen LogP contribution in [0.4, 0.5) is 11.5 Å². The molecule has 5 rings (SSSR count). The van der Waals surface area contributed by atoms with Crippen LogP contribution in [0.5, 0.6) is 0 Å². The zero-order chi connectivity index (χ0) is 25.4. The van der Waals surface area contributed by atoms with Crippen LogP contribution in [-0.4, -0.2) is 52.0 Å². The summed E-state index contributed by atoms with van der Waals surface area (Å²) < 4.78 is 2.06. The summed E-state index contributed by atoms with van der Waals surface area (Å²) in [6.45, 7) is 2.80. The summed E-state index contributed by atoms with van der Waals surface area (Å²) in [4.78, 5) is 25.6. The predicted octanol–water partition coefficient (Wildman–Crippen LogP) is 5.24. The van der Waals surface area contributed by atoms with E-state index in [2.05, 4.69) is 26.5 Å². The standard InChI is InChI=1S/C28H29ClN6O/c1-18-25(19-9-11-20(29)12-10-19)26-27(30)31-17-32-28(26)35(18)23-7-4-6-22(16-23)34(3)24(36)8-5-15-33(2)21-13-14-21/h4-12,16-17,21H,13-15H2,1-3H3,(H2,30,31,32)/b8-5+. The Bertz CT molecular complexity index is 1460. The fourth-order valence-corrected chi connectivity index (χ4v) is 4.73. The molecule has 7 nitrogen and oxygen atoms in total. The Kier molecular flexibility index (Phi) is 6.51. The van der Waals surface area contributed by atoms with Crippen molar-refractivity contribution in [1.29, 1.82) is 0 Å². The molecule has 0 unspecified atom stereocenters. The number of hydrogen-bond donors (Lipinski definition) is 1. The first-order valence-electron chi connectivity index (χ1n) is 12.0. The average molecular weight is 501 g/mol. The van der Waals surface area contributed by atoms with Crippen molar-refractivity contribution in [3.8, 4) is 16.8 Å². The Balaban J connectivity index is 1.51. The highest BCUT2D eigenvalue weighted by Crippen LogP contribution is 2.38. The highest BCUT2D eigenvalue weighted by atomic mass is 35.5. The minimum Gasteiger partial charge on any atom is -0.383 e. The number of benzene rings is 2. The molecule has 4 aromatic rings. The number of nitrogen functional groups attached to an aromatic ring is 1. The molecule has 36 heavy (non-hydrogen) atoms. The number of aromatic nitrogens is 3. The topological polar surface area (TPSA) is 80.3 Å². The van der Waals surface area contributed by atoms with Gasteiger partial charge in [-0.05, 0) is 62.7 Å². The van der Waals surface area contributed by atoms with E-state index in [1.54, 1.807) is 18.0 Å². The first-order chi connectivity index (χ1) is 17.3. The summed E-state index contributed by atoms with van der Waals surface area (Å²) in [6, 6.07) is 16.2. The van der Waals surface area contributed by atoms with Crippen molar-refractivity contribution >= 4 is 40.0 Å². The molecule has 184 valence electrons. The van der Waals surface area contributed by atoms with Gasteiger partial charge >= 0.3 is 0 Å². The average Bonchev–Trinajstić information content (AvgIpc) is 3.68. The maximum Gasteiger partial charge on any atom is 0.250 e. The van der Waals surface area contributed by atoms with Crippen molar-refractivity contribution in [3.63, 3.8) is 0 Å². The number of nitrogens with two attached hydrogens (primary N) is 1. The highest BCUT2D eigenvalue weighted by Gasteiger charge is 2.25. The lowest BCUT2D eigenvalue weighted by molar-refractivity contribution is -0.113. The molecule has 0 bridgehead atoms. The third-order valence-electron chi connectivity index (χ3n) is 6.78. The Labute approximate surface area is 215 Å². The number of carbonyl (C=O) groups excluding carboxylic acids is 1. The quantitative estimate of drug-likeness (QED) is 0.351. The zero-order valence-electron chi connectivity index (χ0n) is 20.6. The van der Waals surface area contributed by atoms with Crippen molar-refractivity contribution < 1.29 is 4.79 Å². The van der Waals surface area contributed by atoms with Gasteiger partial charge in [0.1, 0.15) is 12.1 Å². The number of hydrogen-bond acceptors (Lipinski definition) is 5. The van der Waals surface area contributed by atoms with Crippen molar-refractivity contribution in [2.24, 2.45) is 0 Å². The van der Waals surface area contributed by atoms with Gasteiger partial charge < -0.3 is 10.6 Å². The van der Waals surface area contributed by atoms with Crippen LogP contribution in [0, 0.1) is 6.92 Å². The normalized spacial score (nSPS) is 13.7. The third kappa shape index (κ3) is 4.59. The number of halogens is 1. The van der Waals surface area contributed by atoms with E-state index in [9.17, 15) is 4.79 Å². The molecule has 0 saturated heterocycles. The molecule has 1 amide bonds. The van der Waals surface area contributed by atoms with Crippen LogP contribution in [0.1, 0.15) is 18.5 Å². The van der Waals surface area contributed by atoms with E-state index in [-0.39, 0.29) is 5.91 Å². The Morgan fingerprint density at radius 2 is 1.92 bits per heavy atom. The molecule has 1 saturated carbocycles. The Morgan fingerprint density at radius 3 is 2.64 bits per heavy atom. The van der Waals surface area contributed by atoms with Gasteiger partial charge in [0.05, 0.1) is 5.39 Å². The van der Waals surface area contributed by atoms with Crippen molar-refractivity contribution in [2.75, 3.05) is 31.3 Å². The maximum absolute atomic E-state index is 12.9. The number of likely N-dealkylation sites (N-methyl/N-ethyl adjacent to an activating group) is 2. The van der Waals surface area contributed by atoms with E-state index in [0.29, 0.717) is 22.5 Å². The summed E-state index contributed by atoms with van der Waals surface area (Å²) in [5, 5.41) is 1.45. The molecule has 2 aromatic heterocycles. The molecular weight excluding hydrogens is 472 g/mol. The summed E-state index contributed by atoms with van der Waals surface area (Å²) >= 11 is 6.13. The van der Waals surface area contributed by atoms with Crippen molar-refractivity contribution in [2.45, 2.75) is 25.8 Å². The Hall–Kier alpha value is -3.68. The number of amides is 1. The lowest BCUT2D eigenvalue weighted by atomic mass is 10.0. The molecule has 2 N–H and O–H groups in total. The largest absolute Gasteiger partial charge is 0.383 e. The smallest absolute Gasteiger partial charge is 0.250 e. The van der Waals surface area contributed by atoms with E-state index >= 15 is 0 Å². The van der Waals surface area contributed by atoms with Gasteiger partial charge in [0.25, 0.3) is 0 Å². The second-order valence-corrected chi connectivity index (χ2v) is 9.69. The molecule has 0 aliphatic heterocycles. The van der Waals surface area contributed by atoms with Gasteiger partial charge in [0, 0.05) is 53.4 Å². The van der Waals surface area contributed by atoms with Gasteiger partial charge in [-0.1, -0.05) is 35.9 Å². The van der Waals surface area contributed by atoms with Gasteiger partial charge in [-0.25, -0.2) is 9.97 Å².